The average Bonchev–Trinajstić information content (AvgIpc) is 2.96. The van der Waals surface area contributed by atoms with Crippen LogP contribution in [0, 0.1) is 34.5 Å². The summed E-state index contributed by atoms with van der Waals surface area (Å²) < 4.78 is 29.7. The third-order valence-corrected chi connectivity index (χ3v) is 9.13. The highest BCUT2D eigenvalue weighted by atomic mass is 32.2. The van der Waals surface area contributed by atoms with E-state index in [0.29, 0.717) is 31.0 Å². The number of carbonyl (C=O) groups excluding carboxylic acids is 2. The van der Waals surface area contributed by atoms with Gasteiger partial charge in [0, 0.05) is 17.3 Å². The lowest BCUT2D eigenvalue weighted by Gasteiger charge is -2.63. The fourth-order valence-corrected chi connectivity index (χ4v) is 7.84. The molecule has 5 unspecified atom stereocenters. The molecule has 4 rings (SSSR count). The van der Waals surface area contributed by atoms with E-state index in [1.54, 1.807) is 19.1 Å². The van der Waals surface area contributed by atoms with Gasteiger partial charge in [-0.2, -0.15) is 0 Å². The van der Waals surface area contributed by atoms with Crippen LogP contribution >= 0.6 is 11.8 Å². The Kier molecular flexibility index (Phi) is 4.70. The molecule has 0 bridgehead atoms. The molecule has 0 heterocycles. The average molecular weight is 411 g/mol. The van der Waals surface area contributed by atoms with Crippen LogP contribution in [0.2, 0.25) is 0 Å². The summed E-state index contributed by atoms with van der Waals surface area (Å²) in [6.07, 6.45) is 5.44. The molecule has 28 heavy (non-hydrogen) atoms. The number of fused-ring (bicyclic) bond motifs is 5. The third kappa shape index (κ3) is 2.43. The van der Waals surface area contributed by atoms with Crippen molar-refractivity contribution in [3.05, 3.63) is 23.8 Å². The largest absolute Gasteiger partial charge is 0.390 e. The topological polar surface area (TPSA) is 54.4 Å². The lowest BCUT2D eigenvalue weighted by Crippen LogP contribution is -2.67. The minimum absolute atomic E-state index is 0.0253. The van der Waals surface area contributed by atoms with Crippen molar-refractivity contribution >= 4 is 22.7 Å². The van der Waals surface area contributed by atoms with Crippen molar-refractivity contribution < 1.29 is 23.5 Å². The van der Waals surface area contributed by atoms with Crippen LogP contribution in [-0.4, -0.2) is 33.8 Å². The maximum absolute atomic E-state index is 16.9. The van der Waals surface area contributed by atoms with Gasteiger partial charge in [-0.3, -0.25) is 9.59 Å². The Bertz CT molecular complexity index is 780. The number of aliphatic hydroxyl groups is 1. The second-order valence-electron chi connectivity index (χ2n) is 9.58. The Morgan fingerprint density at radius 2 is 2.04 bits per heavy atom. The SMILES string of the molecule is C[C@H]1CC2C3CCC(C(=O)SCF)C3(C)C[C@H](O)[C@]2(F)C2(C)C=CC(=O)C=C12. The van der Waals surface area contributed by atoms with Gasteiger partial charge < -0.3 is 5.11 Å². The second kappa shape index (κ2) is 6.49. The first-order valence-corrected chi connectivity index (χ1v) is 11.1. The molecule has 0 aromatic carbocycles. The van der Waals surface area contributed by atoms with Crippen LogP contribution in [0.3, 0.4) is 0 Å². The van der Waals surface area contributed by atoms with Crippen LogP contribution in [0.5, 0.6) is 0 Å². The summed E-state index contributed by atoms with van der Waals surface area (Å²) in [4.78, 5) is 24.5. The molecule has 0 saturated heterocycles. The van der Waals surface area contributed by atoms with Crippen molar-refractivity contribution in [3.63, 3.8) is 0 Å². The van der Waals surface area contributed by atoms with E-state index in [0.717, 1.165) is 5.57 Å². The quantitative estimate of drug-likeness (QED) is 0.733. The summed E-state index contributed by atoms with van der Waals surface area (Å²) in [6, 6.07) is -0.753. The fraction of sp³-hybridized carbons (Fsp3) is 0.727. The van der Waals surface area contributed by atoms with E-state index in [-0.39, 0.29) is 35.1 Å². The van der Waals surface area contributed by atoms with Gasteiger partial charge in [0.15, 0.2) is 16.6 Å². The first kappa shape index (κ1) is 20.3. The van der Waals surface area contributed by atoms with E-state index in [4.69, 9.17) is 0 Å². The molecule has 0 aliphatic heterocycles. The highest BCUT2D eigenvalue weighted by Crippen LogP contribution is 2.69. The van der Waals surface area contributed by atoms with Gasteiger partial charge in [-0.15, -0.1) is 0 Å². The molecule has 0 spiro atoms. The van der Waals surface area contributed by atoms with Gasteiger partial charge in [0.2, 0.25) is 0 Å². The highest BCUT2D eigenvalue weighted by molar-refractivity contribution is 8.13. The van der Waals surface area contributed by atoms with Gasteiger partial charge in [0.25, 0.3) is 0 Å². The number of thioether (sulfide) groups is 1. The van der Waals surface area contributed by atoms with E-state index < -0.39 is 34.5 Å². The van der Waals surface area contributed by atoms with E-state index in [1.165, 1.54) is 6.08 Å². The van der Waals surface area contributed by atoms with E-state index >= 15 is 4.39 Å². The monoisotopic (exact) mass is 410 g/mol. The number of hydrogen-bond acceptors (Lipinski definition) is 4. The Hall–Kier alpha value is -1.01. The molecule has 4 aliphatic rings. The van der Waals surface area contributed by atoms with Crippen LogP contribution in [0.1, 0.15) is 46.5 Å². The maximum atomic E-state index is 16.9. The number of alkyl halides is 2. The number of carbonyl (C=O) groups is 2. The van der Waals surface area contributed by atoms with Crippen LogP contribution in [0.25, 0.3) is 0 Å². The predicted octanol–water partition coefficient (Wildman–Crippen LogP) is 4.41. The molecule has 3 fully saturated rings. The summed E-state index contributed by atoms with van der Waals surface area (Å²) in [5.74, 6) is -0.893. The predicted molar refractivity (Wildman–Crippen MR) is 105 cm³/mol. The van der Waals surface area contributed by atoms with E-state index in [1.807, 2.05) is 13.8 Å². The third-order valence-electron chi connectivity index (χ3n) is 8.45. The Balaban J connectivity index is 1.78. The second-order valence-corrected chi connectivity index (χ2v) is 10.5. The van der Waals surface area contributed by atoms with Crippen molar-refractivity contribution in [2.24, 2.45) is 34.5 Å². The van der Waals surface area contributed by atoms with Crippen LogP contribution in [0.15, 0.2) is 23.8 Å². The summed E-state index contributed by atoms with van der Waals surface area (Å²) in [5.41, 5.74) is -2.66. The molecule has 6 heteroatoms. The first-order chi connectivity index (χ1) is 13.1. The molecule has 154 valence electrons. The van der Waals surface area contributed by atoms with Gasteiger partial charge in [0.1, 0.15) is 6.01 Å². The van der Waals surface area contributed by atoms with Gasteiger partial charge in [-0.1, -0.05) is 37.3 Å². The highest BCUT2D eigenvalue weighted by Gasteiger charge is 2.71. The summed E-state index contributed by atoms with van der Waals surface area (Å²) in [5, 5.41) is 11.0. The van der Waals surface area contributed by atoms with Crippen molar-refractivity contribution in [1.82, 2.24) is 0 Å². The van der Waals surface area contributed by atoms with Gasteiger partial charge in [0.05, 0.1) is 6.10 Å². The molecule has 3 nitrogen and oxygen atoms in total. The van der Waals surface area contributed by atoms with Gasteiger partial charge in [-0.25, -0.2) is 8.78 Å². The number of ketones is 1. The smallest absolute Gasteiger partial charge is 0.195 e. The number of halogens is 2. The molecular formula is C22H28F2O3S. The Morgan fingerprint density at radius 1 is 1.32 bits per heavy atom. The molecule has 4 aliphatic carbocycles. The molecule has 0 amide bonds. The standard InChI is InChI=1S/C22H28F2O3S/c1-12-8-17-14-4-5-15(19(27)28-11-23)20(14,2)10-18(26)22(17,24)21(3)7-6-13(25)9-16(12)21/h6-7,9,12,14-15,17-18,26H,4-5,8,10-11H2,1-3H3/t12-,14?,15?,17?,18-,20?,21?,22-/m0/s1. The normalized spacial score (nSPS) is 49.9. The molecular weight excluding hydrogens is 382 g/mol. The van der Waals surface area contributed by atoms with E-state index in [9.17, 15) is 19.1 Å². The van der Waals surface area contributed by atoms with Gasteiger partial charge >= 0.3 is 0 Å². The molecule has 3 saturated carbocycles. The van der Waals surface area contributed by atoms with E-state index in [2.05, 4.69) is 0 Å². The molecule has 8 atom stereocenters. The Labute approximate surface area is 169 Å². The van der Waals surface area contributed by atoms with Crippen molar-refractivity contribution in [2.75, 3.05) is 6.01 Å². The number of allylic oxidation sites excluding steroid dienone is 4. The fourth-order valence-electron chi connectivity index (χ4n) is 7.14. The summed E-state index contributed by atoms with van der Waals surface area (Å²) in [7, 11) is 0. The Morgan fingerprint density at radius 3 is 2.71 bits per heavy atom. The van der Waals surface area contributed by atoms with Gasteiger partial charge in [-0.05, 0) is 62.0 Å². The zero-order valence-electron chi connectivity index (χ0n) is 16.6. The number of hydrogen-bond donors (Lipinski definition) is 1. The van der Waals surface area contributed by atoms with Crippen LogP contribution < -0.4 is 0 Å². The van der Waals surface area contributed by atoms with Crippen LogP contribution in [0.4, 0.5) is 8.78 Å². The maximum Gasteiger partial charge on any atom is 0.195 e. The van der Waals surface area contributed by atoms with Crippen LogP contribution in [-0.2, 0) is 9.59 Å². The first-order valence-electron chi connectivity index (χ1n) is 10.1. The lowest BCUT2D eigenvalue weighted by atomic mass is 9.44. The number of rotatable bonds is 2. The minimum Gasteiger partial charge on any atom is -0.390 e. The summed E-state index contributed by atoms with van der Waals surface area (Å²) >= 11 is 0.692. The molecule has 1 N–H and O–H groups in total. The van der Waals surface area contributed by atoms with Crippen molar-refractivity contribution in [3.8, 4) is 0 Å². The number of aliphatic hydroxyl groups excluding tert-OH is 1. The zero-order chi connectivity index (χ0) is 20.5. The molecule has 0 radical (unpaired) electrons. The lowest BCUT2D eigenvalue weighted by molar-refractivity contribution is -0.199. The summed E-state index contributed by atoms with van der Waals surface area (Å²) in [6.45, 7) is 5.80. The van der Waals surface area contributed by atoms with Crippen molar-refractivity contribution in [1.29, 1.82) is 0 Å². The minimum atomic E-state index is -1.88. The zero-order valence-corrected chi connectivity index (χ0v) is 17.4. The molecule has 0 aromatic heterocycles. The van der Waals surface area contributed by atoms with Crippen molar-refractivity contribution in [2.45, 2.75) is 58.2 Å². The molecule has 0 aromatic rings.